The molecule has 0 radical (unpaired) electrons. The Kier molecular flexibility index (Phi) is 3.43. The fraction of sp³-hybridized carbons (Fsp3) is 0.462. The SMILES string of the molecule is Cc1ccc(C(=O)N2CCN[C@H](C)C2)c(F)c1. The molecule has 1 atom stereocenters. The lowest BCUT2D eigenvalue weighted by Gasteiger charge is -2.32. The van der Waals surface area contributed by atoms with Gasteiger partial charge in [-0.15, -0.1) is 0 Å². The Hall–Kier alpha value is -1.42. The molecule has 92 valence electrons. The number of aryl methyl sites for hydroxylation is 1. The maximum absolute atomic E-state index is 13.7. The van der Waals surface area contributed by atoms with Crippen molar-refractivity contribution in [2.24, 2.45) is 0 Å². The zero-order valence-electron chi connectivity index (χ0n) is 10.2. The molecule has 1 aliphatic rings. The lowest BCUT2D eigenvalue weighted by Crippen LogP contribution is -2.51. The number of halogens is 1. The molecule has 17 heavy (non-hydrogen) atoms. The van der Waals surface area contributed by atoms with Crippen LogP contribution < -0.4 is 5.32 Å². The number of rotatable bonds is 1. The molecule has 0 unspecified atom stereocenters. The summed E-state index contributed by atoms with van der Waals surface area (Å²) in [4.78, 5) is 13.8. The molecule has 1 N–H and O–H groups in total. The van der Waals surface area contributed by atoms with E-state index in [1.165, 1.54) is 6.07 Å². The number of amides is 1. The summed E-state index contributed by atoms with van der Waals surface area (Å²) in [5, 5.41) is 3.25. The van der Waals surface area contributed by atoms with Crippen molar-refractivity contribution in [2.45, 2.75) is 19.9 Å². The van der Waals surface area contributed by atoms with Crippen molar-refractivity contribution in [1.82, 2.24) is 10.2 Å². The molecule has 1 aliphatic heterocycles. The number of nitrogens with zero attached hydrogens (tertiary/aromatic N) is 1. The number of hydrogen-bond acceptors (Lipinski definition) is 2. The molecule has 1 aromatic rings. The number of benzene rings is 1. The van der Waals surface area contributed by atoms with Crippen LogP contribution in [0.25, 0.3) is 0 Å². The molecule has 1 aromatic carbocycles. The van der Waals surface area contributed by atoms with Crippen molar-refractivity contribution in [2.75, 3.05) is 19.6 Å². The predicted octanol–water partition coefficient (Wildman–Crippen LogP) is 1.57. The van der Waals surface area contributed by atoms with E-state index < -0.39 is 5.82 Å². The topological polar surface area (TPSA) is 32.3 Å². The first kappa shape index (κ1) is 12.0. The predicted molar refractivity (Wildman–Crippen MR) is 64.5 cm³/mol. The summed E-state index contributed by atoms with van der Waals surface area (Å²) in [6.45, 7) is 5.86. The highest BCUT2D eigenvalue weighted by Crippen LogP contribution is 2.13. The van der Waals surface area contributed by atoms with Crippen LogP contribution in [0.5, 0.6) is 0 Å². The van der Waals surface area contributed by atoms with Gasteiger partial charge in [0, 0.05) is 25.7 Å². The molecule has 0 saturated carbocycles. The average Bonchev–Trinajstić information content (AvgIpc) is 2.28. The number of piperazine rings is 1. The van der Waals surface area contributed by atoms with Crippen molar-refractivity contribution >= 4 is 5.91 Å². The third-order valence-electron chi connectivity index (χ3n) is 3.01. The fourth-order valence-electron chi connectivity index (χ4n) is 2.08. The molecular weight excluding hydrogens is 219 g/mol. The van der Waals surface area contributed by atoms with Gasteiger partial charge in [0.25, 0.3) is 5.91 Å². The molecule has 0 spiro atoms. The monoisotopic (exact) mass is 236 g/mol. The highest BCUT2D eigenvalue weighted by molar-refractivity contribution is 5.94. The number of nitrogens with one attached hydrogen (secondary N) is 1. The van der Waals surface area contributed by atoms with Gasteiger partial charge in [-0.3, -0.25) is 4.79 Å². The van der Waals surface area contributed by atoms with Gasteiger partial charge in [0.05, 0.1) is 5.56 Å². The highest BCUT2D eigenvalue weighted by atomic mass is 19.1. The van der Waals surface area contributed by atoms with Crippen LogP contribution in [0, 0.1) is 12.7 Å². The Balaban J connectivity index is 2.18. The van der Waals surface area contributed by atoms with Crippen molar-refractivity contribution in [3.05, 3.63) is 35.1 Å². The first-order valence-electron chi connectivity index (χ1n) is 5.87. The van der Waals surface area contributed by atoms with Crippen molar-refractivity contribution < 1.29 is 9.18 Å². The third-order valence-corrected chi connectivity index (χ3v) is 3.01. The van der Waals surface area contributed by atoms with Crippen molar-refractivity contribution in [3.63, 3.8) is 0 Å². The van der Waals surface area contributed by atoms with Gasteiger partial charge in [0.15, 0.2) is 0 Å². The van der Waals surface area contributed by atoms with Gasteiger partial charge in [0.1, 0.15) is 5.82 Å². The Bertz CT molecular complexity index is 433. The molecule has 1 saturated heterocycles. The van der Waals surface area contributed by atoms with Gasteiger partial charge < -0.3 is 10.2 Å². The van der Waals surface area contributed by atoms with Crippen LogP contribution in [-0.4, -0.2) is 36.5 Å². The summed E-state index contributed by atoms with van der Waals surface area (Å²) in [5.41, 5.74) is 0.998. The maximum atomic E-state index is 13.7. The van der Waals surface area contributed by atoms with Gasteiger partial charge in [-0.25, -0.2) is 4.39 Å². The molecular formula is C13H17FN2O. The highest BCUT2D eigenvalue weighted by Gasteiger charge is 2.23. The van der Waals surface area contributed by atoms with Crippen LogP contribution in [0.2, 0.25) is 0 Å². The van der Waals surface area contributed by atoms with E-state index in [0.717, 1.165) is 12.1 Å². The van der Waals surface area contributed by atoms with E-state index in [9.17, 15) is 9.18 Å². The second kappa shape index (κ2) is 4.84. The van der Waals surface area contributed by atoms with E-state index in [1.807, 2.05) is 13.8 Å². The zero-order valence-corrected chi connectivity index (χ0v) is 10.2. The molecule has 1 fully saturated rings. The third kappa shape index (κ3) is 2.64. The maximum Gasteiger partial charge on any atom is 0.256 e. The van der Waals surface area contributed by atoms with Crippen LogP contribution in [-0.2, 0) is 0 Å². The van der Waals surface area contributed by atoms with E-state index in [-0.39, 0.29) is 17.5 Å². The minimum absolute atomic E-state index is 0.171. The van der Waals surface area contributed by atoms with E-state index in [1.54, 1.807) is 17.0 Å². The van der Waals surface area contributed by atoms with Crippen molar-refractivity contribution in [1.29, 1.82) is 0 Å². The number of carbonyl (C=O) groups excluding carboxylic acids is 1. The molecule has 3 nitrogen and oxygen atoms in total. The van der Waals surface area contributed by atoms with Crippen LogP contribution in [0.15, 0.2) is 18.2 Å². The summed E-state index contributed by atoms with van der Waals surface area (Å²) < 4.78 is 13.7. The molecule has 0 aliphatic carbocycles. The largest absolute Gasteiger partial charge is 0.336 e. The summed E-state index contributed by atoms with van der Waals surface area (Å²) in [5.74, 6) is -0.642. The minimum atomic E-state index is -0.429. The fourth-order valence-corrected chi connectivity index (χ4v) is 2.08. The average molecular weight is 236 g/mol. The Morgan fingerprint density at radius 1 is 1.53 bits per heavy atom. The Labute approximate surface area is 101 Å². The van der Waals surface area contributed by atoms with Gasteiger partial charge in [0.2, 0.25) is 0 Å². The molecule has 1 amide bonds. The van der Waals surface area contributed by atoms with Crippen LogP contribution in [0.3, 0.4) is 0 Å². The Morgan fingerprint density at radius 2 is 2.29 bits per heavy atom. The van der Waals surface area contributed by atoms with E-state index in [2.05, 4.69) is 5.32 Å². The van der Waals surface area contributed by atoms with Gasteiger partial charge in [-0.1, -0.05) is 6.07 Å². The van der Waals surface area contributed by atoms with E-state index in [0.29, 0.717) is 13.1 Å². The number of carbonyl (C=O) groups is 1. The lowest BCUT2D eigenvalue weighted by molar-refractivity contribution is 0.0704. The second-order valence-electron chi connectivity index (χ2n) is 4.59. The minimum Gasteiger partial charge on any atom is -0.336 e. The second-order valence-corrected chi connectivity index (χ2v) is 4.59. The number of hydrogen-bond donors (Lipinski definition) is 1. The summed E-state index contributed by atoms with van der Waals surface area (Å²) in [6.07, 6.45) is 0. The first-order valence-corrected chi connectivity index (χ1v) is 5.87. The van der Waals surface area contributed by atoms with E-state index >= 15 is 0 Å². The standard InChI is InChI=1S/C13H17FN2O/c1-9-3-4-11(12(14)7-9)13(17)16-6-5-15-10(2)8-16/h3-4,7,10,15H,5-6,8H2,1-2H3/t10-/m1/s1. The summed E-state index contributed by atoms with van der Waals surface area (Å²) in [6, 6.07) is 5.00. The van der Waals surface area contributed by atoms with E-state index in [4.69, 9.17) is 0 Å². The summed E-state index contributed by atoms with van der Waals surface area (Å²) >= 11 is 0. The molecule has 2 rings (SSSR count). The Morgan fingerprint density at radius 3 is 2.94 bits per heavy atom. The normalized spacial score (nSPS) is 20.4. The molecule has 4 heteroatoms. The van der Waals surface area contributed by atoms with Crippen molar-refractivity contribution in [3.8, 4) is 0 Å². The quantitative estimate of drug-likeness (QED) is 0.802. The molecule has 0 bridgehead atoms. The lowest BCUT2D eigenvalue weighted by atomic mass is 10.1. The van der Waals surface area contributed by atoms with Gasteiger partial charge in [-0.05, 0) is 31.5 Å². The zero-order chi connectivity index (χ0) is 12.4. The van der Waals surface area contributed by atoms with Crippen LogP contribution in [0.1, 0.15) is 22.8 Å². The molecule has 0 aromatic heterocycles. The van der Waals surface area contributed by atoms with Crippen LogP contribution >= 0.6 is 0 Å². The molecule has 1 heterocycles. The van der Waals surface area contributed by atoms with Gasteiger partial charge >= 0.3 is 0 Å². The van der Waals surface area contributed by atoms with Crippen LogP contribution in [0.4, 0.5) is 4.39 Å². The van der Waals surface area contributed by atoms with Gasteiger partial charge in [-0.2, -0.15) is 0 Å². The summed E-state index contributed by atoms with van der Waals surface area (Å²) in [7, 11) is 0. The first-order chi connectivity index (χ1) is 8.08. The smallest absolute Gasteiger partial charge is 0.256 e.